The van der Waals surface area contributed by atoms with Crippen LogP contribution in [0.15, 0.2) is 47.2 Å². The number of nitrogens with one attached hydrogen (secondary N) is 1. The van der Waals surface area contributed by atoms with Gasteiger partial charge in [-0.2, -0.15) is 0 Å². The molecule has 0 radical (unpaired) electrons. The van der Waals surface area contributed by atoms with Gasteiger partial charge in [0, 0.05) is 21.9 Å². The fourth-order valence-electron chi connectivity index (χ4n) is 2.21. The summed E-state index contributed by atoms with van der Waals surface area (Å²) in [6, 6.07) is 8.20. The summed E-state index contributed by atoms with van der Waals surface area (Å²) in [6.45, 7) is -0.271. The van der Waals surface area contributed by atoms with Crippen LogP contribution in [-0.2, 0) is 16.1 Å². The summed E-state index contributed by atoms with van der Waals surface area (Å²) in [7, 11) is 0. The number of nitrogens with zero attached hydrogens (tertiary/aromatic N) is 2. The lowest BCUT2D eigenvalue weighted by Gasteiger charge is -2.07. The number of imidazole rings is 1. The lowest BCUT2D eigenvalue weighted by atomic mass is 10.2. The number of aromatic nitrogens is 2. The number of esters is 1. The van der Waals surface area contributed by atoms with E-state index in [1.54, 1.807) is 12.3 Å². The molecule has 0 aliphatic rings. The third kappa shape index (κ3) is 4.55. The van der Waals surface area contributed by atoms with Gasteiger partial charge < -0.3 is 14.5 Å². The second kappa shape index (κ2) is 8.07. The Bertz CT molecular complexity index is 991. The summed E-state index contributed by atoms with van der Waals surface area (Å²) in [5.74, 6) is -1.07. The van der Waals surface area contributed by atoms with Gasteiger partial charge in [0.2, 0.25) is 0 Å². The Morgan fingerprint density at radius 1 is 1.19 bits per heavy atom. The first-order valence-electron chi connectivity index (χ1n) is 7.44. The Morgan fingerprint density at radius 3 is 2.77 bits per heavy atom. The van der Waals surface area contributed by atoms with Crippen molar-refractivity contribution in [2.75, 3.05) is 6.54 Å². The molecule has 3 aromatic rings. The van der Waals surface area contributed by atoms with E-state index in [1.165, 1.54) is 12.1 Å². The van der Waals surface area contributed by atoms with E-state index in [0.29, 0.717) is 10.7 Å². The molecule has 0 fully saturated rings. The van der Waals surface area contributed by atoms with E-state index in [-0.39, 0.29) is 23.7 Å². The van der Waals surface area contributed by atoms with Crippen molar-refractivity contribution in [2.24, 2.45) is 0 Å². The van der Waals surface area contributed by atoms with Gasteiger partial charge in [0.05, 0.1) is 16.3 Å². The number of benzene rings is 1. The van der Waals surface area contributed by atoms with E-state index in [1.807, 2.05) is 22.7 Å². The lowest BCUT2D eigenvalue weighted by Crippen LogP contribution is -2.30. The van der Waals surface area contributed by atoms with Crippen LogP contribution in [0.5, 0.6) is 0 Å². The van der Waals surface area contributed by atoms with Crippen molar-refractivity contribution in [1.29, 1.82) is 0 Å². The highest BCUT2D eigenvalue weighted by molar-refractivity contribution is 9.10. The van der Waals surface area contributed by atoms with Crippen LogP contribution in [0, 0.1) is 0 Å². The monoisotopic (exact) mass is 455 g/mol. The van der Waals surface area contributed by atoms with Crippen LogP contribution in [0.2, 0.25) is 10.0 Å². The maximum atomic E-state index is 12.0. The number of pyridine rings is 1. The second-order valence-electron chi connectivity index (χ2n) is 5.31. The van der Waals surface area contributed by atoms with Crippen molar-refractivity contribution in [1.82, 2.24) is 14.7 Å². The highest BCUT2D eigenvalue weighted by Gasteiger charge is 2.13. The maximum absolute atomic E-state index is 12.0. The van der Waals surface area contributed by atoms with Crippen LogP contribution in [-0.4, -0.2) is 27.8 Å². The van der Waals surface area contributed by atoms with E-state index >= 15 is 0 Å². The number of ether oxygens (including phenoxy) is 1. The van der Waals surface area contributed by atoms with Gasteiger partial charge in [0.1, 0.15) is 18.8 Å². The zero-order valence-electron chi connectivity index (χ0n) is 13.2. The normalized spacial score (nSPS) is 10.7. The van der Waals surface area contributed by atoms with Gasteiger partial charge in [-0.05, 0) is 46.3 Å². The number of amides is 1. The molecular formula is C17H12BrCl2N3O3. The first-order valence-corrected chi connectivity index (χ1v) is 8.99. The third-order valence-electron chi connectivity index (χ3n) is 3.41. The van der Waals surface area contributed by atoms with Crippen LogP contribution >= 0.6 is 39.1 Å². The molecule has 0 bridgehead atoms. The zero-order chi connectivity index (χ0) is 18.7. The molecule has 6 nitrogen and oxygen atoms in total. The van der Waals surface area contributed by atoms with Gasteiger partial charge in [-0.3, -0.25) is 9.59 Å². The van der Waals surface area contributed by atoms with Crippen molar-refractivity contribution in [2.45, 2.75) is 6.61 Å². The fraction of sp³-hybridized carbons (Fsp3) is 0.118. The third-order valence-corrected chi connectivity index (χ3v) is 4.43. The van der Waals surface area contributed by atoms with Crippen LogP contribution < -0.4 is 5.32 Å². The minimum absolute atomic E-state index is 0.00963. The predicted octanol–water partition coefficient (Wildman–Crippen LogP) is 3.88. The lowest BCUT2D eigenvalue weighted by molar-refractivity contribution is -0.143. The number of hydrogen-bond donors (Lipinski definition) is 1. The molecule has 0 atom stereocenters. The number of carbonyl (C=O) groups is 2. The van der Waals surface area contributed by atoms with E-state index in [4.69, 9.17) is 27.9 Å². The molecule has 3 rings (SSSR count). The topological polar surface area (TPSA) is 72.7 Å². The molecule has 0 saturated heterocycles. The molecule has 0 unspecified atom stereocenters. The predicted molar refractivity (Wildman–Crippen MR) is 101 cm³/mol. The molecule has 1 N–H and O–H groups in total. The molecule has 1 aromatic carbocycles. The number of fused-ring (bicyclic) bond motifs is 1. The van der Waals surface area contributed by atoms with Crippen LogP contribution in [0.3, 0.4) is 0 Å². The van der Waals surface area contributed by atoms with E-state index in [9.17, 15) is 9.59 Å². The van der Waals surface area contributed by atoms with Gasteiger partial charge in [0.15, 0.2) is 0 Å². The molecule has 0 aliphatic heterocycles. The van der Waals surface area contributed by atoms with Crippen molar-refractivity contribution in [3.05, 3.63) is 68.5 Å². The smallest absolute Gasteiger partial charge is 0.325 e. The number of halogens is 3. The summed E-state index contributed by atoms with van der Waals surface area (Å²) in [5.41, 5.74) is 1.57. The Balaban J connectivity index is 1.52. The van der Waals surface area contributed by atoms with Gasteiger partial charge in [0.25, 0.3) is 5.91 Å². The molecule has 134 valence electrons. The Morgan fingerprint density at radius 2 is 2.00 bits per heavy atom. The standard InChI is InChI=1S/C17H12BrCl2N3O3/c18-10-1-4-15-22-12(8-23(15)7-10)9-26-16(24)6-21-17(25)13-3-2-11(19)5-14(13)20/h1-5,7-8H,6,9H2,(H,21,25). The Labute approximate surface area is 167 Å². The van der Waals surface area contributed by atoms with Crippen LogP contribution in [0.25, 0.3) is 5.65 Å². The van der Waals surface area contributed by atoms with Crippen molar-refractivity contribution < 1.29 is 14.3 Å². The fourth-order valence-corrected chi connectivity index (χ4v) is 3.06. The quantitative estimate of drug-likeness (QED) is 0.591. The molecule has 0 aliphatic carbocycles. The van der Waals surface area contributed by atoms with Crippen molar-refractivity contribution >= 4 is 56.7 Å². The molecule has 1 amide bonds. The minimum atomic E-state index is -0.582. The Kier molecular flexibility index (Phi) is 5.80. The summed E-state index contributed by atoms with van der Waals surface area (Å²) < 4.78 is 7.86. The largest absolute Gasteiger partial charge is 0.458 e. The maximum Gasteiger partial charge on any atom is 0.325 e. The number of hydrogen-bond acceptors (Lipinski definition) is 4. The summed E-state index contributed by atoms with van der Waals surface area (Å²) in [6.07, 6.45) is 3.61. The summed E-state index contributed by atoms with van der Waals surface area (Å²) >= 11 is 15.1. The number of carbonyl (C=O) groups excluding carboxylic acids is 2. The highest BCUT2D eigenvalue weighted by atomic mass is 79.9. The minimum Gasteiger partial charge on any atom is -0.458 e. The molecule has 2 aromatic heterocycles. The van der Waals surface area contributed by atoms with Crippen LogP contribution in [0.4, 0.5) is 0 Å². The van der Waals surface area contributed by atoms with Gasteiger partial charge in [-0.15, -0.1) is 0 Å². The SMILES string of the molecule is O=C(CNC(=O)c1ccc(Cl)cc1Cl)OCc1cn2cc(Br)ccc2n1. The van der Waals surface area contributed by atoms with Crippen molar-refractivity contribution in [3.63, 3.8) is 0 Å². The van der Waals surface area contributed by atoms with E-state index < -0.39 is 11.9 Å². The molecule has 26 heavy (non-hydrogen) atoms. The van der Waals surface area contributed by atoms with Crippen molar-refractivity contribution in [3.8, 4) is 0 Å². The molecule has 2 heterocycles. The second-order valence-corrected chi connectivity index (χ2v) is 7.07. The summed E-state index contributed by atoms with van der Waals surface area (Å²) in [4.78, 5) is 28.2. The first-order chi connectivity index (χ1) is 12.4. The van der Waals surface area contributed by atoms with Gasteiger partial charge in [-0.1, -0.05) is 23.2 Å². The first kappa shape index (κ1) is 18.7. The van der Waals surface area contributed by atoms with E-state index in [2.05, 4.69) is 26.2 Å². The zero-order valence-corrected chi connectivity index (χ0v) is 16.3. The van der Waals surface area contributed by atoms with E-state index in [0.717, 1.165) is 10.1 Å². The Hall–Kier alpha value is -2.09. The van der Waals surface area contributed by atoms with Crippen LogP contribution in [0.1, 0.15) is 16.1 Å². The average molecular weight is 457 g/mol. The average Bonchev–Trinajstić information content (AvgIpc) is 2.99. The number of rotatable bonds is 5. The van der Waals surface area contributed by atoms with Gasteiger partial charge in [-0.25, -0.2) is 4.98 Å². The highest BCUT2D eigenvalue weighted by Crippen LogP contribution is 2.20. The molecule has 0 spiro atoms. The van der Waals surface area contributed by atoms with Gasteiger partial charge >= 0.3 is 5.97 Å². The summed E-state index contributed by atoms with van der Waals surface area (Å²) in [5, 5.41) is 3.09. The molecular weight excluding hydrogens is 445 g/mol. The molecule has 9 heteroatoms. The molecule has 0 saturated carbocycles.